The molecule has 2 unspecified atom stereocenters. The van der Waals surface area contributed by atoms with Gasteiger partial charge in [0.15, 0.2) is 0 Å². The zero-order chi connectivity index (χ0) is 42.1. The summed E-state index contributed by atoms with van der Waals surface area (Å²) in [6.07, 6.45) is 11.0. The second-order valence-electron chi connectivity index (χ2n) is 14.4. The highest BCUT2D eigenvalue weighted by molar-refractivity contribution is 5.47. The summed E-state index contributed by atoms with van der Waals surface area (Å²) in [5.74, 6) is 5.36. The molecule has 6 heteroatoms. The molecule has 0 N–H and O–H groups in total. The Labute approximate surface area is 331 Å². The molecular formula is C48H73N5O. The van der Waals surface area contributed by atoms with Crippen molar-refractivity contribution in [2.24, 2.45) is 21.1 Å². The summed E-state index contributed by atoms with van der Waals surface area (Å²) in [6, 6.07) is 11.2. The van der Waals surface area contributed by atoms with E-state index in [2.05, 4.69) is 163 Å². The van der Waals surface area contributed by atoms with Crippen molar-refractivity contribution in [2.45, 2.75) is 129 Å². The molecule has 0 saturated heterocycles. The quantitative estimate of drug-likeness (QED) is 0.103. The molecule has 0 saturated carbocycles. The lowest BCUT2D eigenvalue weighted by Gasteiger charge is -2.28. The minimum Gasteiger partial charge on any atom is -0.498 e. The topological polar surface area (TPSA) is 45.5 Å². The summed E-state index contributed by atoms with van der Waals surface area (Å²) < 4.78 is 6.40. The SMILES string of the molecule is CC.CC#CC.CC1=C(C)C2(C)C=CC1N2C.Cc1cc(C)c(C#[N+][O-])c(C)c1.Cc1cccn1C.Cc1cn(C)c(C)c1C.Cc1cn(C)c(C)c1C. The fraction of sp³-hybridized carbons (Fsp3) is 0.479. The molecule has 296 valence electrons. The summed E-state index contributed by atoms with van der Waals surface area (Å²) in [7, 11) is 8.39. The maximum atomic E-state index is 10.0. The highest BCUT2D eigenvalue weighted by Crippen LogP contribution is 2.43. The van der Waals surface area contributed by atoms with Crippen LogP contribution in [0.2, 0.25) is 0 Å². The van der Waals surface area contributed by atoms with Gasteiger partial charge in [0.05, 0.1) is 11.6 Å². The predicted molar refractivity (Wildman–Crippen MR) is 238 cm³/mol. The first-order chi connectivity index (χ1) is 25.2. The lowest BCUT2D eigenvalue weighted by molar-refractivity contribution is 0.253. The van der Waals surface area contributed by atoms with E-state index < -0.39 is 0 Å². The van der Waals surface area contributed by atoms with E-state index in [1.165, 1.54) is 56.0 Å². The van der Waals surface area contributed by atoms with E-state index in [9.17, 15) is 5.21 Å². The maximum absolute atomic E-state index is 10.0. The van der Waals surface area contributed by atoms with Gasteiger partial charge in [-0.2, -0.15) is 0 Å². The second kappa shape index (κ2) is 23.2. The van der Waals surface area contributed by atoms with Gasteiger partial charge >= 0.3 is 6.07 Å². The van der Waals surface area contributed by atoms with Crippen LogP contribution in [0.5, 0.6) is 0 Å². The lowest BCUT2D eigenvalue weighted by atomic mass is 9.90. The predicted octanol–water partition coefficient (Wildman–Crippen LogP) is 12.0. The first kappa shape index (κ1) is 49.4. The van der Waals surface area contributed by atoms with Crippen LogP contribution in [0.3, 0.4) is 0 Å². The molecule has 3 aromatic heterocycles. The average molecular weight is 736 g/mol. The number of rotatable bonds is 0. The summed E-state index contributed by atoms with van der Waals surface area (Å²) in [5.41, 5.74) is 17.1. The third kappa shape index (κ3) is 13.3. The van der Waals surface area contributed by atoms with Gasteiger partial charge in [0.2, 0.25) is 0 Å². The summed E-state index contributed by atoms with van der Waals surface area (Å²) >= 11 is 0. The van der Waals surface area contributed by atoms with Crippen molar-refractivity contribution in [3.63, 3.8) is 0 Å². The van der Waals surface area contributed by atoms with Crippen molar-refractivity contribution >= 4 is 0 Å². The maximum Gasteiger partial charge on any atom is 0.337 e. The molecular weight excluding hydrogens is 663 g/mol. The van der Waals surface area contributed by atoms with E-state index in [-0.39, 0.29) is 5.54 Å². The number of fused-ring (bicyclic) bond motifs is 2. The van der Waals surface area contributed by atoms with Crippen LogP contribution < -0.4 is 0 Å². The van der Waals surface area contributed by atoms with Gasteiger partial charge < -0.3 is 18.9 Å². The molecule has 0 radical (unpaired) electrons. The van der Waals surface area contributed by atoms with Gasteiger partial charge in [-0.05, 0) is 162 Å². The molecule has 0 fully saturated rings. The molecule has 2 bridgehead atoms. The van der Waals surface area contributed by atoms with Crippen LogP contribution in [0, 0.1) is 92.4 Å². The number of aryl methyl sites for hydroxylation is 9. The average Bonchev–Trinajstić information content (AvgIpc) is 3.84. The van der Waals surface area contributed by atoms with Crippen LogP contribution in [0.4, 0.5) is 0 Å². The lowest BCUT2D eigenvalue weighted by Crippen LogP contribution is -2.37. The number of hydrogen-bond acceptors (Lipinski definition) is 2. The highest BCUT2D eigenvalue weighted by atomic mass is 16.4. The summed E-state index contributed by atoms with van der Waals surface area (Å²) in [5, 5.41) is 12.7. The minimum atomic E-state index is 0.231. The molecule has 5 heterocycles. The Balaban J connectivity index is 0.000000632. The Morgan fingerprint density at radius 3 is 1.31 bits per heavy atom. The van der Waals surface area contributed by atoms with Crippen LogP contribution in [-0.2, 0) is 21.1 Å². The largest absolute Gasteiger partial charge is 0.498 e. The van der Waals surface area contributed by atoms with E-state index >= 15 is 0 Å². The third-order valence-corrected chi connectivity index (χ3v) is 10.9. The van der Waals surface area contributed by atoms with Crippen molar-refractivity contribution in [3.05, 3.63) is 138 Å². The molecule has 6 nitrogen and oxygen atoms in total. The standard InChI is InChI=1S/C10H11NO.C10H15N.2C8H13N.C6H9N.C4H6.C2H6/c1-7-4-8(2)10(6-11-12)9(3)5-7;1-7-8(2)10(3)6-5-9(7)11(10)4;2*1-6-5-9(4)8(3)7(6)2;1-6-4-3-5-7(6)2;1-3-4-2;1-2/h4-5H,1-3H3;5-6,9H,1-4H3;2*5H,1-4H3;3-5H,1-2H3;1-2H3;1-2H3. The van der Waals surface area contributed by atoms with Gasteiger partial charge in [-0.1, -0.05) is 49.3 Å². The number of benzene rings is 1. The summed E-state index contributed by atoms with van der Waals surface area (Å²) in [4.78, 5) is 2.43. The monoisotopic (exact) mass is 736 g/mol. The van der Waals surface area contributed by atoms with Gasteiger partial charge in [-0.3, -0.25) is 4.90 Å². The van der Waals surface area contributed by atoms with Gasteiger partial charge in [-0.25, -0.2) is 0 Å². The Bertz CT molecular complexity index is 1830. The zero-order valence-electron chi connectivity index (χ0n) is 37.9. The van der Waals surface area contributed by atoms with Crippen LogP contribution >= 0.6 is 0 Å². The number of hydrogen-bond donors (Lipinski definition) is 0. The van der Waals surface area contributed by atoms with E-state index in [1.54, 1.807) is 0 Å². The van der Waals surface area contributed by atoms with E-state index in [1.807, 2.05) is 79.9 Å². The Morgan fingerprint density at radius 2 is 1.13 bits per heavy atom. The Hall–Kier alpha value is -4.65. The van der Waals surface area contributed by atoms with Gasteiger partial charge in [-0.15, -0.1) is 11.8 Å². The third-order valence-electron chi connectivity index (χ3n) is 10.9. The molecule has 6 rings (SSSR count). The van der Waals surface area contributed by atoms with E-state index in [0.717, 1.165) is 16.7 Å². The molecule has 0 spiro atoms. The van der Waals surface area contributed by atoms with Crippen LogP contribution in [-0.4, -0.2) is 37.2 Å². The molecule has 0 aliphatic carbocycles. The highest BCUT2D eigenvalue weighted by Gasteiger charge is 2.44. The first-order valence-corrected chi connectivity index (χ1v) is 19.1. The van der Waals surface area contributed by atoms with E-state index in [4.69, 9.17) is 0 Å². The normalized spacial score (nSPS) is 15.7. The van der Waals surface area contributed by atoms with Crippen molar-refractivity contribution in [1.82, 2.24) is 18.6 Å². The Morgan fingerprint density at radius 1 is 0.685 bits per heavy atom. The Kier molecular flexibility index (Phi) is 21.2. The molecule has 4 aromatic rings. The molecule has 2 atom stereocenters. The van der Waals surface area contributed by atoms with Crippen molar-refractivity contribution in [3.8, 4) is 17.9 Å². The van der Waals surface area contributed by atoms with Crippen LogP contribution in [0.25, 0.3) is 5.01 Å². The van der Waals surface area contributed by atoms with Gasteiger partial charge in [0.1, 0.15) is 5.56 Å². The number of aromatic nitrogens is 3. The fourth-order valence-corrected chi connectivity index (χ4v) is 6.28. The van der Waals surface area contributed by atoms with Crippen LogP contribution in [0.15, 0.2) is 66.2 Å². The first-order valence-electron chi connectivity index (χ1n) is 19.1. The molecule has 2 aliphatic rings. The van der Waals surface area contributed by atoms with Gasteiger partial charge in [0.25, 0.3) is 0 Å². The van der Waals surface area contributed by atoms with E-state index in [0.29, 0.717) is 6.04 Å². The minimum absolute atomic E-state index is 0.231. The molecule has 1 aromatic carbocycles. The van der Waals surface area contributed by atoms with Crippen molar-refractivity contribution in [2.75, 3.05) is 7.05 Å². The molecule has 54 heavy (non-hydrogen) atoms. The zero-order valence-corrected chi connectivity index (χ0v) is 37.9. The van der Waals surface area contributed by atoms with Gasteiger partial charge in [0, 0.05) is 61.8 Å². The smallest absolute Gasteiger partial charge is 0.337 e. The van der Waals surface area contributed by atoms with Crippen molar-refractivity contribution < 1.29 is 0 Å². The molecule has 2 aliphatic heterocycles. The number of nitrogens with zero attached hydrogens (tertiary/aromatic N) is 5. The van der Waals surface area contributed by atoms with Crippen LogP contribution in [0.1, 0.15) is 110 Å². The number of likely N-dealkylation sites (N-methyl/N-ethyl adjacent to an activating group) is 1. The fourth-order valence-electron chi connectivity index (χ4n) is 6.28. The molecule has 0 amide bonds. The second-order valence-corrected chi connectivity index (χ2v) is 14.4. The van der Waals surface area contributed by atoms with Crippen molar-refractivity contribution in [1.29, 1.82) is 0 Å². The summed E-state index contributed by atoms with van der Waals surface area (Å²) in [6.45, 7) is 35.3.